The van der Waals surface area contributed by atoms with E-state index in [9.17, 15) is 9.90 Å². The molecule has 1 heterocycles. The molecular weight excluding hydrogens is 310 g/mol. The summed E-state index contributed by atoms with van der Waals surface area (Å²) in [6, 6.07) is 8.06. The van der Waals surface area contributed by atoms with Gasteiger partial charge in [0, 0.05) is 28.8 Å². The summed E-state index contributed by atoms with van der Waals surface area (Å²) in [5.74, 6) is -0.0511. The fourth-order valence-electron chi connectivity index (χ4n) is 3.46. The van der Waals surface area contributed by atoms with Crippen LogP contribution in [0.1, 0.15) is 41.4 Å². The Morgan fingerprint density at radius 2 is 2.26 bits per heavy atom. The summed E-state index contributed by atoms with van der Waals surface area (Å²) >= 11 is 1.51. The standard InChI is InChI=1S/C18H23NO3S/c1-18(11-20)9-5-8-15(18)19-17(21)16-13(10-22-2)12-6-3-4-7-14(12)23-16/h3-4,6-7,15,20H,5,8-11H2,1-2H3,(H,19,21)/t15-,18-/m0/s1. The Labute approximate surface area is 140 Å². The molecular formula is C18H23NO3S. The van der Waals surface area contributed by atoms with Crippen molar-refractivity contribution < 1.29 is 14.6 Å². The van der Waals surface area contributed by atoms with Gasteiger partial charge >= 0.3 is 0 Å². The summed E-state index contributed by atoms with van der Waals surface area (Å²) in [5, 5.41) is 13.9. The molecule has 3 rings (SSSR count). The zero-order valence-electron chi connectivity index (χ0n) is 13.6. The Kier molecular flexibility index (Phi) is 4.71. The molecule has 0 saturated heterocycles. The molecule has 23 heavy (non-hydrogen) atoms. The third kappa shape index (κ3) is 3.01. The first-order valence-electron chi connectivity index (χ1n) is 8.00. The SMILES string of the molecule is COCc1c(C(=O)N[C@H]2CCC[C@@]2(C)CO)sc2ccccc12. The van der Waals surface area contributed by atoms with Crippen LogP contribution in [0.15, 0.2) is 24.3 Å². The number of aliphatic hydroxyl groups excluding tert-OH is 1. The molecule has 1 aliphatic carbocycles. The van der Waals surface area contributed by atoms with Gasteiger partial charge in [0.2, 0.25) is 0 Å². The van der Waals surface area contributed by atoms with Crippen LogP contribution in [-0.2, 0) is 11.3 Å². The highest BCUT2D eigenvalue weighted by Crippen LogP contribution is 2.38. The minimum Gasteiger partial charge on any atom is -0.396 e. The zero-order valence-corrected chi connectivity index (χ0v) is 14.4. The van der Waals surface area contributed by atoms with E-state index in [1.54, 1.807) is 7.11 Å². The van der Waals surface area contributed by atoms with Crippen LogP contribution in [0.2, 0.25) is 0 Å². The number of thiophene rings is 1. The largest absolute Gasteiger partial charge is 0.396 e. The van der Waals surface area contributed by atoms with Crippen molar-refractivity contribution >= 4 is 27.3 Å². The molecule has 1 amide bonds. The predicted octanol–water partition coefficient (Wildman–Crippen LogP) is 3.33. The highest BCUT2D eigenvalue weighted by Gasteiger charge is 2.39. The number of fused-ring (bicyclic) bond motifs is 1. The van der Waals surface area contributed by atoms with Gasteiger partial charge in [-0.3, -0.25) is 4.79 Å². The maximum atomic E-state index is 12.8. The maximum absolute atomic E-state index is 12.8. The van der Waals surface area contributed by atoms with Gasteiger partial charge in [-0.2, -0.15) is 0 Å². The quantitative estimate of drug-likeness (QED) is 0.882. The number of carbonyl (C=O) groups is 1. The molecule has 2 atom stereocenters. The van der Waals surface area contributed by atoms with Gasteiger partial charge in [-0.15, -0.1) is 11.3 Å². The number of aliphatic hydroxyl groups is 1. The molecule has 0 unspecified atom stereocenters. The first kappa shape index (κ1) is 16.4. The molecule has 0 spiro atoms. The van der Waals surface area contributed by atoms with E-state index in [0.29, 0.717) is 6.61 Å². The van der Waals surface area contributed by atoms with Gasteiger partial charge in [0.1, 0.15) is 0 Å². The monoisotopic (exact) mass is 333 g/mol. The molecule has 5 heteroatoms. The van der Waals surface area contributed by atoms with Gasteiger partial charge in [-0.1, -0.05) is 31.5 Å². The van der Waals surface area contributed by atoms with Crippen LogP contribution in [0.5, 0.6) is 0 Å². The van der Waals surface area contributed by atoms with Gasteiger partial charge in [0.05, 0.1) is 18.1 Å². The van der Waals surface area contributed by atoms with Crippen LogP contribution in [0.25, 0.3) is 10.1 Å². The summed E-state index contributed by atoms with van der Waals surface area (Å²) in [6.45, 7) is 2.58. The summed E-state index contributed by atoms with van der Waals surface area (Å²) in [4.78, 5) is 13.6. The summed E-state index contributed by atoms with van der Waals surface area (Å²) in [6.07, 6.45) is 2.92. The lowest BCUT2D eigenvalue weighted by atomic mass is 9.86. The summed E-state index contributed by atoms with van der Waals surface area (Å²) in [7, 11) is 1.65. The zero-order chi connectivity index (χ0) is 16.4. The lowest BCUT2D eigenvalue weighted by Gasteiger charge is -2.30. The molecule has 1 fully saturated rings. The van der Waals surface area contributed by atoms with E-state index in [4.69, 9.17) is 4.74 Å². The highest BCUT2D eigenvalue weighted by atomic mass is 32.1. The van der Waals surface area contributed by atoms with Crippen molar-refractivity contribution in [2.24, 2.45) is 5.41 Å². The van der Waals surface area contributed by atoms with Crippen LogP contribution in [0, 0.1) is 5.41 Å². The van der Waals surface area contributed by atoms with Crippen molar-refractivity contribution in [1.29, 1.82) is 0 Å². The van der Waals surface area contributed by atoms with Gasteiger partial charge in [-0.25, -0.2) is 0 Å². The molecule has 0 aliphatic heterocycles. The van der Waals surface area contributed by atoms with Gasteiger partial charge in [0.25, 0.3) is 5.91 Å². The Morgan fingerprint density at radius 1 is 1.48 bits per heavy atom. The third-order valence-electron chi connectivity index (χ3n) is 4.94. The summed E-state index contributed by atoms with van der Waals surface area (Å²) in [5.41, 5.74) is 0.739. The van der Waals surface area contributed by atoms with Crippen molar-refractivity contribution in [2.75, 3.05) is 13.7 Å². The molecule has 0 bridgehead atoms. The third-order valence-corrected chi connectivity index (χ3v) is 6.15. The van der Waals surface area contributed by atoms with Crippen LogP contribution < -0.4 is 5.32 Å². The fraction of sp³-hybridized carbons (Fsp3) is 0.500. The second-order valence-electron chi connectivity index (χ2n) is 6.57. The Morgan fingerprint density at radius 3 is 3.00 bits per heavy atom. The smallest absolute Gasteiger partial charge is 0.262 e. The molecule has 1 saturated carbocycles. The number of amides is 1. The number of hydrogen-bond acceptors (Lipinski definition) is 4. The average molecular weight is 333 g/mol. The van der Waals surface area contributed by atoms with E-state index in [1.165, 1.54) is 11.3 Å². The van der Waals surface area contributed by atoms with Crippen molar-refractivity contribution in [3.05, 3.63) is 34.7 Å². The molecule has 0 radical (unpaired) electrons. The van der Waals surface area contributed by atoms with E-state index in [0.717, 1.165) is 39.8 Å². The maximum Gasteiger partial charge on any atom is 0.262 e. The molecule has 1 aliphatic rings. The minimum atomic E-state index is -0.215. The molecule has 1 aromatic carbocycles. The number of hydrogen-bond donors (Lipinski definition) is 2. The van der Waals surface area contributed by atoms with Gasteiger partial charge < -0.3 is 15.2 Å². The Hall–Kier alpha value is -1.43. The number of rotatable bonds is 5. The van der Waals surface area contributed by atoms with Crippen LogP contribution in [-0.4, -0.2) is 30.8 Å². The van der Waals surface area contributed by atoms with E-state index in [2.05, 4.69) is 5.32 Å². The summed E-state index contributed by atoms with van der Waals surface area (Å²) < 4.78 is 6.40. The van der Waals surface area contributed by atoms with Gasteiger partial charge in [0.15, 0.2) is 0 Å². The van der Waals surface area contributed by atoms with E-state index in [-0.39, 0.29) is 24.0 Å². The molecule has 2 N–H and O–H groups in total. The Balaban J connectivity index is 1.90. The van der Waals surface area contributed by atoms with Crippen molar-refractivity contribution in [2.45, 2.75) is 38.8 Å². The number of nitrogens with one attached hydrogen (secondary N) is 1. The lowest BCUT2D eigenvalue weighted by Crippen LogP contribution is -2.44. The lowest BCUT2D eigenvalue weighted by molar-refractivity contribution is 0.0831. The molecule has 2 aromatic rings. The second kappa shape index (κ2) is 6.59. The first-order chi connectivity index (χ1) is 11.1. The number of benzene rings is 1. The first-order valence-corrected chi connectivity index (χ1v) is 8.82. The highest BCUT2D eigenvalue weighted by molar-refractivity contribution is 7.21. The van der Waals surface area contributed by atoms with E-state index in [1.807, 2.05) is 31.2 Å². The van der Waals surface area contributed by atoms with Gasteiger partial charge in [-0.05, 0) is 24.3 Å². The Bertz CT molecular complexity index is 711. The van der Waals surface area contributed by atoms with Crippen LogP contribution >= 0.6 is 11.3 Å². The van der Waals surface area contributed by atoms with E-state index < -0.39 is 0 Å². The van der Waals surface area contributed by atoms with Crippen molar-refractivity contribution in [3.63, 3.8) is 0 Å². The molecule has 4 nitrogen and oxygen atoms in total. The predicted molar refractivity (Wildman–Crippen MR) is 92.8 cm³/mol. The second-order valence-corrected chi connectivity index (χ2v) is 7.62. The number of carbonyl (C=O) groups excluding carboxylic acids is 1. The topological polar surface area (TPSA) is 58.6 Å². The van der Waals surface area contributed by atoms with Crippen molar-refractivity contribution in [3.8, 4) is 0 Å². The molecule has 1 aromatic heterocycles. The molecule has 124 valence electrons. The fourth-order valence-corrected chi connectivity index (χ4v) is 4.57. The number of methoxy groups -OCH3 is 1. The van der Waals surface area contributed by atoms with Crippen LogP contribution in [0.4, 0.5) is 0 Å². The minimum absolute atomic E-state index is 0.0283. The van der Waals surface area contributed by atoms with Crippen molar-refractivity contribution in [1.82, 2.24) is 5.32 Å². The normalized spacial score (nSPS) is 24.2. The average Bonchev–Trinajstić information content (AvgIpc) is 3.10. The van der Waals surface area contributed by atoms with Crippen LogP contribution in [0.3, 0.4) is 0 Å². The number of ether oxygens (including phenoxy) is 1. The van der Waals surface area contributed by atoms with E-state index >= 15 is 0 Å².